The molecular formula is C22H20BrN3O4S. The summed E-state index contributed by atoms with van der Waals surface area (Å²) in [6.07, 6.45) is 6.63. The standard InChI is InChI=1S/C22H20BrN3O4S/c23-15-11-14(20(27)18(13-15)26(29)30)12-19-21(28)25(17-9-5-2-6-10-17)22(31-19)24-16-7-3-1-4-8-16/h1,3-4,7-8,11-13,17,27H,2,5-6,9-10H2/b19-12-,24-22?. The van der Waals surface area contributed by atoms with E-state index in [0.29, 0.717) is 14.5 Å². The first kappa shape index (κ1) is 21.6. The fraction of sp³-hybridized carbons (Fsp3) is 0.273. The van der Waals surface area contributed by atoms with Crippen molar-refractivity contribution in [3.8, 4) is 5.75 Å². The van der Waals surface area contributed by atoms with Crippen LogP contribution in [-0.2, 0) is 4.79 Å². The summed E-state index contributed by atoms with van der Waals surface area (Å²) >= 11 is 4.47. The summed E-state index contributed by atoms with van der Waals surface area (Å²) < 4.78 is 0.446. The van der Waals surface area contributed by atoms with Gasteiger partial charge in [-0.15, -0.1) is 0 Å². The molecule has 0 unspecified atom stereocenters. The number of phenolic OH excluding ortho intramolecular Hbond substituents is 1. The molecule has 2 fully saturated rings. The molecule has 1 saturated heterocycles. The molecule has 1 N–H and O–H groups in total. The SMILES string of the molecule is O=C1/C(=C/c2cc(Br)cc([N+](=O)[O-])c2O)SC(=Nc2ccccc2)N1C1CCCCC1. The molecule has 0 bridgehead atoms. The van der Waals surface area contributed by atoms with Crippen LogP contribution in [-0.4, -0.2) is 32.0 Å². The van der Waals surface area contributed by atoms with Gasteiger partial charge in [-0.2, -0.15) is 0 Å². The number of aromatic hydroxyl groups is 1. The predicted octanol–water partition coefficient (Wildman–Crippen LogP) is 6.00. The quantitative estimate of drug-likeness (QED) is 0.314. The third-order valence-electron chi connectivity index (χ3n) is 5.33. The van der Waals surface area contributed by atoms with E-state index in [1.165, 1.54) is 23.9 Å². The Morgan fingerprint density at radius 1 is 1.19 bits per heavy atom. The third kappa shape index (κ3) is 4.67. The van der Waals surface area contributed by atoms with Gasteiger partial charge < -0.3 is 5.11 Å². The largest absolute Gasteiger partial charge is 0.502 e. The van der Waals surface area contributed by atoms with E-state index in [9.17, 15) is 20.0 Å². The number of nitro groups is 1. The Morgan fingerprint density at radius 3 is 2.58 bits per heavy atom. The van der Waals surface area contributed by atoms with Gasteiger partial charge in [0.25, 0.3) is 5.91 Å². The van der Waals surface area contributed by atoms with Gasteiger partial charge in [-0.3, -0.25) is 19.8 Å². The highest BCUT2D eigenvalue weighted by atomic mass is 79.9. The van der Waals surface area contributed by atoms with Crippen LogP contribution in [0.2, 0.25) is 0 Å². The summed E-state index contributed by atoms with van der Waals surface area (Å²) in [5.41, 5.74) is 0.543. The van der Waals surface area contributed by atoms with E-state index >= 15 is 0 Å². The lowest BCUT2D eigenvalue weighted by Gasteiger charge is -2.30. The Bertz CT molecular complexity index is 1080. The zero-order valence-corrected chi connectivity index (χ0v) is 18.9. The monoisotopic (exact) mass is 501 g/mol. The Kier molecular flexibility index (Phi) is 6.43. The number of rotatable bonds is 4. The van der Waals surface area contributed by atoms with Crippen LogP contribution in [0.1, 0.15) is 37.7 Å². The van der Waals surface area contributed by atoms with Crippen molar-refractivity contribution in [2.45, 2.75) is 38.1 Å². The summed E-state index contributed by atoms with van der Waals surface area (Å²) in [6.45, 7) is 0. The fourth-order valence-corrected chi connectivity index (χ4v) is 5.35. The van der Waals surface area contributed by atoms with Crippen LogP contribution in [0.15, 0.2) is 56.8 Å². The molecule has 1 saturated carbocycles. The van der Waals surface area contributed by atoms with Gasteiger partial charge in [-0.1, -0.05) is 53.4 Å². The maximum absolute atomic E-state index is 13.4. The number of carbonyl (C=O) groups is 1. The van der Waals surface area contributed by atoms with E-state index in [1.807, 2.05) is 30.3 Å². The smallest absolute Gasteiger partial charge is 0.312 e. The zero-order chi connectivity index (χ0) is 22.0. The van der Waals surface area contributed by atoms with Crippen LogP contribution in [0.4, 0.5) is 11.4 Å². The van der Waals surface area contributed by atoms with Gasteiger partial charge in [-0.25, -0.2) is 4.99 Å². The Labute approximate surface area is 192 Å². The van der Waals surface area contributed by atoms with Crippen LogP contribution in [0.25, 0.3) is 6.08 Å². The molecule has 4 rings (SSSR count). The number of benzene rings is 2. The second-order valence-corrected chi connectivity index (χ2v) is 9.35. The van der Waals surface area contributed by atoms with Crippen molar-refractivity contribution in [3.63, 3.8) is 0 Å². The van der Waals surface area contributed by atoms with E-state index in [-0.39, 0.29) is 17.5 Å². The number of phenols is 1. The second-order valence-electron chi connectivity index (χ2n) is 7.43. The predicted molar refractivity (Wildman–Crippen MR) is 125 cm³/mol. The summed E-state index contributed by atoms with van der Waals surface area (Å²) in [4.78, 5) is 30.8. The minimum absolute atomic E-state index is 0.0764. The molecule has 31 heavy (non-hydrogen) atoms. The molecule has 160 valence electrons. The lowest BCUT2D eigenvalue weighted by Crippen LogP contribution is -2.40. The molecule has 0 atom stereocenters. The van der Waals surface area contributed by atoms with Gasteiger partial charge in [0.15, 0.2) is 5.17 Å². The number of amidine groups is 1. The van der Waals surface area contributed by atoms with Gasteiger partial charge in [0.1, 0.15) is 0 Å². The Morgan fingerprint density at radius 2 is 1.90 bits per heavy atom. The molecule has 0 spiro atoms. The second kappa shape index (κ2) is 9.23. The highest BCUT2D eigenvalue weighted by Gasteiger charge is 2.39. The Balaban J connectivity index is 1.75. The topological polar surface area (TPSA) is 96.0 Å². The number of nitro benzene ring substituents is 1. The zero-order valence-electron chi connectivity index (χ0n) is 16.5. The number of hydrogen-bond donors (Lipinski definition) is 1. The summed E-state index contributed by atoms with van der Waals surface area (Å²) in [6, 6.07) is 12.3. The Hall–Kier alpha value is -2.65. The van der Waals surface area contributed by atoms with E-state index in [4.69, 9.17) is 4.99 Å². The lowest BCUT2D eigenvalue weighted by atomic mass is 9.94. The van der Waals surface area contributed by atoms with Gasteiger partial charge >= 0.3 is 5.69 Å². The minimum atomic E-state index is -0.650. The first-order chi connectivity index (χ1) is 14.9. The molecular weight excluding hydrogens is 482 g/mol. The molecule has 0 aromatic heterocycles. The van der Waals surface area contributed by atoms with Crippen LogP contribution < -0.4 is 0 Å². The number of thioether (sulfide) groups is 1. The van der Waals surface area contributed by atoms with Crippen molar-refractivity contribution in [1.29, 1.82) is 0 Å². The van der Waals surface area contributed by atoms with Gasteiger partial charge in [0.2, 0.25) is 5.75 Å². The first-order valence-electron chi connectivity index (χ1n) is 9.98. The van der Waals surface area contributed by atoms with Crippen LogP contribution in [0.5, 0.6) is 5.75 Å². The number of nitrogens with zero attached hydrogens (tertiary/aromatic N) is 3. The molecule has 1 amide bonds. The summed E-state index contributed by atoms with van der Waals surface area (Å²) in [5.74, 6) is -0.652. The van der Waals surface area contributed by atoms with Crippen LogP contribution >= 0.6 is 27.7 Å². The number of para-hydroxylation sites is 1. The van der Waals surface area contributed by atoms with Crippen molar-refractivity contribution in [1.82, 2.24) is 4.90 Å². The number of aliphatic imine (C=N–C) groups is 1. The van der Waals surface area contributed by atoms with Gasteiger partial charge in [-0.05, 0) is 48.9 Å². The number of amides is 1. The van der Waals surface area contributed by atoms with Crippen LogP contribution in [0.3, 0.4) is 0 Å². The molecule has 1 heterocycles. The van der Waals surface area contributed by atoms with E-state index in [2.05, 4.69) is 15.9 Å². The molecule has 9 heteroatoms. The normalized spacial score (nSPS) is 20.0. The fourth-order valence-electron chi connectivity index (χ4n) is 3.83. The first-order valence-corrected chi connectivity index (χ1v) is 11.6. The average molecular weight is 502 g/mol. The van der Waals surface area contributed by atoms with Gasteiger partial charge in [0, 0.05) is 22.1 Å². The average Bonchev–Trinajstić information content (AvgIpc) is 3.06. The highest BCUT2D eigenvalue weighted by Crippen LogP contribution is 2.41. The maximum atomic E-state index is 13.4. The van der Waals surface area contributed by atoms with Crippen LogP contribution in [0, 0.1) is 10.1 Å². The molecule has 1 aliphatic carbocycles. The molecule has 2 aliphatic rings. The highest BCUT2D eigenvalue weighted by molar-refractivity contribution is 9.10. The summed E-state index contributed by atoms with van der Waals surface area (Å²) in [7, 11) is 0. The molecule has 2 aromatic carbocycles. The minimum Gasteiger partial charge on any atom is -0.502 e. The van der Waals surface area contributed by atoms with E-state index in [0.717, 1.165) is 37.8 Å². The van der Waals surface area contributed by atoms with E-state index < -0.39 is 16.4 Å². The number of hydrogen-bond acceptors (Lipinski definition) is 6. The van der Waals surface area contributed by atoms with Crippen molar-refractivity contribution >= 4 is 56.2 Å². The van der Waals surface area contributed by atoms with Gasteiger partial charge in [0.05, 0.1) is 15.5 Å². The van der Waals surface area contributed by atoms with Crippen molar-refractivity contribution in [3.05, 3.63) is 67.5 Å². The molecule has 1 aliphatic heterocycles. The van der Waals surface area contributed by atoms with Crippen molar-refractivity contribution < 1.29 is 14.8 Å². The summed E-state index contributed by atoms with van der Waals surface area (Å²) in [5, 5.41) is 22.2. The number of carbonyl (C=O) groups excluding carboxylic acids is 1. The third-order valence-corrected chi connectivity index (χ3v) is 6.77. The molecule has 2 aromatic rings. The van der Waals surface area contributed by atoms with Crippen molar-refractivity contribution in [2.24, 2.45) is 4.99 Å². The maximum Gasteiger partial charge on any atom is 0.312 e. The molecule has 0 radical (unpaired) electrons. The number of halogens is 1. The van der Waals surface area contributed by atoms with E-state index in [1.54, 1.807) is 11.0 Å². The molecule has 7 nitrogen and oxygen atoms in total. The lowest BCUT2D eigenvalue weighted by molar-refractivity contribution is -0.385. The van der Waals surface area contributed by atoms with Crippen molar-refractivity contribution in [2.75, 3.05) is 0 Å².